The molecule has 1 heterocycles. The number of nitrogens with one attached hydrogen (secondary N) is 2. The predicted octanol–water partition coefficient (Wildman–Crippen LogP) is 1.09. The number of hydrogen-bond donors (Lipinski definition) is 2. The Morgan fingerprint density at radius 1 is 1.53 bits per heavy atom. The van der Waals surface area contributed by atoms with Gasteiger partial charge in [-0.15, -0.1) is 0 Å². The van der Waals surface area contributed by atoms with Gasteiger partial charge in [0.15, 0.2) is 0 Å². The van der Waals surface area contributed by atoms with Crippen LogP contribution >= 0.6 is 0 Å². The lowest BCUT2D eigenvalue weighted by Crippen LogP contribution is -2.30. The summed E-state index contributed by atoms with van der Waals surface area (Å²) in [5.74, 6) is 0.726. The van der Waals surface area contributed by atoms with Gasteiger partial charge in [-0.05, 0) is 19.5 Å². The summed E-state index contributed by atoms with van der Waals surface area (Å²) in [6, 6.07) is 0. The minimum atomic E-state index is 0.726. The maximum Gasteiger partial charge on any atom is 0.0532 e. The molecule has 0 aliphatic rings. The van der Waals surface area contributed by atoms with E-state index in [1.165, 1.54) is 5.56 Å². The Hall–Kier alpha value is -0.870. The van der Waals surface area contributed by atoms with E-state index in [1.807, 2.05) is 12.4 Å². The highest BCUT2D eigenvalue weighted by atomic mass is 15.1. The lowest BCUT2D eigenvalue weighted by atomic mass is 10.2. The molecule has 0 saturated heterocycles. The van der Waals surface area contributed by atoms with E-state index < -0.39 is 0 Å². The number of aromatic nitrogens is 2. The third-order valence-electron chi connectivity index (χ3n) is 2.23. The first kappa shape index (κ1) is 12.2. The Kier molecular flexibility index (Phi) is 5.36. The molecule has 0 unspecified atom stereocenters. The molecule has 0 amide bonds. The van der Waals surface area contributed by atoms with E-state index in [2.05, 4.69) is 41.3 Å². The Balaban J connectivity index is 2.06. The van der Waals surface area contributed by atoms with Crippen molar-refractivity contribution in [1.82, 2.24) is 20.4 Å². The smallest absolute Gasteiger partial charge is 0.0532 e. The molecular weight excluding hydrogens is 188 g/mol. The van der Waals surface area contributed by atoms with E-state index in [0.717, 1.165) is 32.1 Å². The van der Waals surface area contributed by atoms with Crippen LogP contribution in [0.15, 0.2) is 12.4 Å². The second-order valence-electron chi connectivity index (χ2n) is 4.44. The molecule has 4 nitrogen and oxygen atoms in total. The average molecular weight is 210 g/mol. The fraction of sp³-hybridized carbons (Fsp3) is 0.727. The van der Waals surface area contributed by atoms with Crippen LogP contribution in [0.1, 0.15) is 19.4 Å². The molecule has 0 fully saturated rings. The number of hydrogen-bond acceptors (Lipinski definition) is 3. The number of H-pyrrole nitrogens is 1. The monoisotopic (exact) mass is 210 g/mol. The summed E-state index contributed by atoms with van der Waals surface area (Å²) in [6.45, 7) is 8.62. The first-order valence-electron chi connectivity index (χ1n) is 5.55. The van der Waals surface area contributed by atoms with Crippen LogP contribution in [-0.4, -0.2) is 41.8 Å². The van der Waals surface area contributed by atoms with Gasteiger partial charge in [-0.1, -0.05) is 13.8 Å². The molecule has 0 saturated carbocycles. The van der Waals surface area contributed by atoms with Crippen LogP contribution < -0.4 is 5.32 Å². The predicted molar refractivity (Wildman–Crippen MR) is 62.6 cm³/mol. The van der Waals surface area contributed by atoms with Crippen molar-refractivity contribution < 1.29 is 0 Å². The van der Waals surface area contributed by atoms with E-state index in [9.17, 15) is 0 Å². The van der Waals surface area contributed by atoms with Gasteiger partial charge in [0.05, 0.1) is 6.20 Å². The number of aromatic amines is 1. The van der Waals surface area contributed by atoms with Crippen molar-refractivity contribution in [2.45, 2.75) is 20.4 Å². The standard InChI is InChI=1S/C11H22N4/c1-10(2)6-12-4-5-15(3)9-11-7-13-14-8-11/h7-8,10,12H,4-6,9H2,1-3H3,(H,13,14). The van der Waals surface area contributed by atoms with E-state index in [0.29, 0.717) is 0 Å². The molecule has 0 atom stereocenters. The normalized spacial score (nSPS) is 11.5. The van der Waals surface area contributed by atoms with E-state index in [1.54, 1.807) is 0 Å². The van der Waals surface area contributed by atoms with Gasteiger partial charge in [0.1, 0.15) is 0 Å². The van der Waals surface area contributed by atoms with Crippen LogP contribution in [0.2, 0.25) is 0 Å². The molecule has 0 aliphatic heterocycles. The van der Waals surface area contributed by atoms with Crippen LogP contribution in [0.3, 0.4) is 0 Å². The highest BCUT2D eigenvalue weighted by molar-refractivity contribution is 5.01. The second kappa shape index (κ2) is 6.58. The fourth-order valence-electron chi connectivity index (χ4n) is 1.42. The van der Waals surface area contributed by atoms with Crippen molar-refractivity contribution >= 4 is 0 Å². The van der Waals surface area contributed by atoms with Gasteiger partial charge in [0.2, 0.25) is 0 Å². The largest absolute Gasteiger partial charge is 0.315 e. The van der Waals surface area contributed by atoms with Gasteiger partial charge in [-0.25, -0.2) is 0 Å². The molecule has 1 aromatic heterocycles. The zero-order valence-corrected chi connectivity index (χ0v) is 9.95. The van der Waals surface area contributed by atoms with E-state index in [4.69, 9.17) is 0 Å². The summed E-state index contributed by atoms with van der Waals surface area (Å²) in [4.78, 5) is 2.29. The molecule has 0 radical (unpaired) electrons. The molecule has 4 heteroatoms. The Morgan fingerprint density at radius 2 is 2.33 bits per heavy atom. The maximum atomic E-state index is 3.93. The third-order valence-corrected chi connectivity index (χ3v) is 2.23. The van der Waals surface area contributed by atoms with Gasteiger partial charge in [-0.3, -0.25) is 5.10 Å². The summed E-state index contributed by atoms with van der Waals surface area (Å²) < 4.78 is 0. The average Bonchev–Trinajstić information content (AvgIpc) is 2.64. The summed E-state index contributed by atoms with van der Waals surface area (Å²) in [5.41, 5.74) is 1.24. The van der Waals surface area contributed by atoms with Gasteiger partial charge in [0.25, 0.3) is 0 Å². The minimum Gasteiger partial charge on any atom is -0.315 e. The molecule has 1 aromatic rings. The van der Waals surface area contributed by atoms with Gasteiger partial charge < -0.3 is 10.2 Å². The van der Waals surface area contributed by atoms with Crippen LogP contribution in [0.5, 0.6) is 0 Å². The molecule has 0 bridgehead atoms. The van der Waals surface area contributed by atoms with Crippen molar-refractivity contribution in [3.05, 3.63) is 18.0 Å². The Labute approximate surface area is 92.1 Å². The molecule has 86 valence electrons. The molecule has 0 spiro atoms. The van der Waals surface area contributed by atoms with Crippen LogP contribution in [-0.2, 0) is 6.54 Å². The second-order valence-corrected chi connectivity index (χ2v) is 4.44. The summed E-state index contributed by atoms with van der Waals surface area (Å²) >= 11 is 0. The summed E-state index contributed by atoms with van der Waals surface area (Å²) in [7, 11) is 2.13. The molecule has 0 aliphatic carbocycles. The van der Waals surface area contributed by atoms with Crippen LogP contribution in [0, 0.1) is 5.92 Å². The first-order valence-corrected chi connectivity index (χ1v) is 5.55. The van der Waals surface area contributed by atoms with Crippen molar-refractivity contribution in [3.8, 4) is 0 Å². The zero-order valence-electron chi connectivity index (χ0n) is 9.95. The van der Waals surface area contributed by atoms with Gasteiger partial charge >= 0.3 is 0 Å². The van der Waals surface area contributed by atoms with Crippen LogP contribution in [0.25, 0.3) is 0 Å². The van der Waals surface area contributed by atoms with Gasteiger partial charge in [0, 0.05) is 31.4 Å². The molecular formula is C11H22N4. The fourth-order valence-corrected chi connectivity index (χ4v) is 1.42. The summed E-state index contributed by atoms with van der Waals surface area (Å²) in [6.07, 6.45) is 3.82. The van der Waals surface area contributed by atoms with Crippen molar-refractivity contribution in [2.75, 3.05) is 26.7 Å². The molecule has 0 aromatic carbocycles. The lowest BCUT2D eigenvalue weighted by Gasteiger charge is -2.16. The quantitative estimate of drug-likeness (QED) is 0.662. The van der Waals surface area contributed by atoms with E-state index >= 15 is 0 Å². The highest BCUT2D eigenvalue weighted by Crippen LogP contribution is 1.98. The number of rotatable bonds is 7. The number of nitrogens with zero attached hydrogens (tertiary/aromatic N) is 2. The Bertz CT molecular complexity index is 243. The molecule has 1 rings (SSSR count). The minimum absolute atomic E-state index is 0.726. The van der Waals surface area contributed by atoms with E-state index in [-0.39, 0.29) is 0 Å². The number of likely N-dealkylation sites (N-methyl/N-ethyl adjacent to an activating group) is 1. The first-order chi connectivity index (χ1) is 7.18. The van der Waals surface area contributed by atoms with Gasteiger partial charge in [-0.2, -0.15) is 5.10 Å². The SMILES string of the molecule is CC(C)CNCCN(C)Cc1cn[nH]c1. The van der Waals surface area contributed by atoms with Crippen molar-refractivity contribution in [2.24, 2.45) is 5.92 Å². The highest BCUT2D eigenvalue weighted by Gasteiger charge is 2.00. The van der Waals surface area contributed by atoms with Crippen LogP contribution in [0.4, 0.5) is 0 Å². The lowest BCUT2D eigenvalue weighted by molar-refractivity contribution is 0.322. The zero-order chi connectivity index (χ0) is 11.1. The maximum absolute atomic E-state index is 3.93. The third kappa shape index (κ3) is 5.54. The molecule has 2 N–H and O–H groups in total. The van der Waals surface area contributed by atoms with Crippen molar-refractivity contribution in [3.63, 3.8) is 0 Å². The van der Waals surface area contributed by atoms with Crippen molar-refractivity contribution in [1.29, 1.82) is 0 Å². The summed E-state index contributed by atoms with van der Waals surface area (Å²) in [5, 5.41) is 10.2. The molecule has 15 heavy (non-hydrogen) atoms. The topological polar surface area (TPSA) is 44.0 Å². The Morgan fingerprint density at radius 3 is 2.93 bits per heavy atom.